The van der Waals surface area contributed by atoms with Crippen LogP contribution in [0, 0.1) is 0 Å². The number of hydrogen-bond donors (Lipinski definition) is 0. The van der Waals surface area contributed by atoms with Crippen LogP contribution < -0.4 is 9.64 Å². The minimum absolute atomic E-state index is 0.126. The van der Waals surface area contributed by atoms with E-state index in [1.54, 1.807) is 7.11 Å². The molecule has 2 aliphatic rings. The van der Waals surface area contributed by atoms with Crippen molar-refractivity contribution in [2.75, 3.05) is 51.3 Å². The van der Waals surface area contributed by atoms with Crippen molar-refractivity contribution in [3.8, 4) is 5.75 Å². The van der Waals surface area contributed by atoms with E-state index < -0.39 is 0 Å². The molecule has 6 rings (SSSR count). The summed E-state index contributed by atoms with van der Waals surface area (Å²) in [6, 6.07) is 26.7. The van der Waals surface area contributed by atoms with Gasteiger partial charge in [0.1, 0.15) is 5.75 Å². The van der Waals surface area contributed by atoms with E-state index >= 15 is 0 Å². The Morgan fingerprint density at radius 1 is 0.816 bits per heavy atom. The lowest BCUT2D eigenvalue weighted by Gasteiger charge is -2.36. The Morgan fingerprint density at radius 3 is 2.37 bits per heavy atom. The number of anilines is 1. The van der Waals surface area contributed by atoms with Crippen molar-refractivity contribution < 1.29 is 9.53 Å². The molecular weight excluding hydrogens is 472 g/mol. The number of methoxy groups -OCH3 is 1. The normalized spacial score (nSPS) is 16.0. The first-order valence-electron chi connectivity index (χ1n) is 13.8. The molecule has 0 radical (unpaired) electrons. The van der Waals surface area contributed by atoms with Gasteiger partial charge in [-0.2, -0.15) is 0 Å². The number of rotatable bonds is 7. The quantitative estimate of drug-likeness (QED) is 0.350. The van der Waals surface area contributed by atoms with Crippen molar-refractivity contribution >= 4 is 22.5 Å². The Bertz CT molecular complexity index is 1410. The van der Waals surface area contributed by atoms with Crippen molar-refractivity contribution in [1.82, 2.24) is 14.4 Å². The number of hydrogen-bond acceptors (Lipinski definition) is 4. The number of carbonyl (C=O) groups excluding carboxylic acids is 1. The Kier molecular flexibility index (Phi) is 7.06. The summed E-state index contributed by atoms with van der Waals surface area (Å²) in [7, 11) is 1.75. The van der Waals surface area contributed by atoms with Gasteiger partial charge >= 0.3 is 0 Å². The number of ether oxygens (including phenoxy) is 1. The Balaban J connectivity index is 1.12. The maximum absolute atomic E-state index is 13.2. The second-order valence-electron chi connectivity index (χ2n) is 10.3. The maximum atomic E-state index is 13.2. The third-order valence-corrected chi connectivity index (χ3v) is 8.13. The van der Waals surface area contributed by atoms with E-state index in [1.165, 1.54) is 27.8 Å². The summed E-state index contributed by atoms with van der Waals surface area (Å²) in [6.07, 6.45) is 2.00. The first-order chi connectivity index (χ1) is 18.7. The van der Waals surface area contributed by atoms with Crippen LogP contribution in [0.15, 0.2) is 78.9 Å². The first-order valence-corrected chi connectivity index (χ1v) is 13.8. The lowest BCUT2D eigenvalue weighted by Crippen LogP contribution is -2.46. The average molecular weight is 509 g/mol. The smallest absolute Gasteiger partial charge is 0.254 e. The second-order valence-corrected chi connectivity index (χ2v) is 10.3. The lowest BCUT2D eigenvalue weighted by atomic mass is 10.0. The highest BCUT2D eigenvalue weighted by molar-refractivity contribution is 5.95. The number of nitrogens with zero attached hydrogens (tertiary/aromatic N) is 4. The first kappa shape index (κ1) is 24.6. The number of benzene rings is 3. The van der Waals surface area contributed by atoms with E-state index in [4.69, 9.17) is 4.74 Å². The molecule has 38 heavy (non-hydrogen) atoms. The van der Waals surface area contributed by atoms with Gasteiger partial charge in [-0.25, -0.2) is 0 Å². The topological polar surface area (TPSA) is 41.0 Å². The van der Waals surface area contributed by atoms with E-state index in [9.17, 15) is 4.79 Å². The molecule has 3 heterocycles. The van der Waals surface area contributed by atoms with Crippen LogP contribution >= 0.6 is 0 Å². The van der Waals surface area contributed by atoms with Crippen LogP contribution in [0.2, 0.25) is 0 Å². The number of fused-ring (bicyclic) bond motifs is 3. The molecule has 1 saturated heterocycles. The Hall–Kier alpha value is -3.77. The second kappa shape index (κ2) is 10.9. The van der Waals surface area contributed by atoms with Crippen LogP contribution in [0.1, 0.15) is 28.0 Å². The van der Waals surface area contributed by atoms with E-state index in [-0.39, 0.29) is 5.91 Å². The molecule has 6 heteroatoms. The van der Waals surface area contributed by atoms with Gasteiger partial charge in [0.25, 0.3) is 5.91 Å². The molecule has 1 aromatic heterocycles. The van der Waals surface area contributed by atoms with Gasteiger partial charge in [0.05, 0.1) is 19.3 Å². The van der Waals surface area contributed by atoms with Gasteiger partial charge in [0, 0.05) is 61.4 Å². The number of piperazine rings is 1. The van der Waals surface area contributed by atoms with Gasteiger partial charge in [0.2, 0.25) is 0 Å². The van der Waals surface area contributed by atoms with E-state index in [1.807, 2.05) is 47.4 Å². The highest BCUT2D eigenvalue weighted by Crippen LogP contribution is 2.32. The summed E-state index contributed by atoms with van der Waals surface area (Å²) in [5, 5.41) is 1.35. The monoisotopic (exact) mass is 508 g/mol. The molecule has 3 aromatic carbocycles. The number of carbonyl (C=O) groups is 1. The van der Waals surface area contributed by atoms with Crippen LogP contribution in [0.4, 0.5) is 5.69 Å². The Morgan fingerprint density at radius 2 is 1.55 bits per heavy atom. The zero-order valence-electron chi connectivity index (χ0n) is 22.2. The van der Waals surface area contributed by atoms with E-state index in [2.05, 4.69) is 50.8 Å². The molecule has 196 valence electrons. The summed E-state index contributed by atoms with van der Waals surface area (Å²) in [5.41, 5.74) is 5.99. The highest BCUT2D eigenvalue weighted by atomic mass is 16.5. The SMILES string of the molecule is COc1ccccc1N1CCN(CCCn2c3c(c4ccccc42)CCN(C(=O)c2ccccc2)C3)CC1. The van der Waals surface area contributed by atoms with Crippen LogP contribution in [-0.4, -0.2) is 66.7 Å². The summed E-state index contributed by atoms with van der Waals surface area (Å²) < 4.78 is 8.06. The molecule has 0 aliphatic carbocycles. The zero-order valence-corrected chi connectivity index (χ0v) is 22.2. The van der Waals surface area contributed by atoms with Crippen molar-refractivity contribution in [3.63, 3.8) is 0 Å². The molecule has 1 amide bonds. The molecule has 6 nitrogen and oxygen atoms in total. The maximum Gasteiger partial charge on any atom is 0.254 e. The van der Waals surface area contributed by atoms with E-state index in [0.29, 0.717) is 6.54 Å². The summed E-state index contributed by atoms with van der Waals surface area (Å²) >= 11 is 0. The number of aromatic nitrogens is 1. The fourth-order valence-electron chi connectivity index (χ4n) is 6.14. The third kappa shape index (κ3) is 4.76. The zero-order chi connectivity index (χ0) is 25.9. The Labute approximate surface area is 225 Å². The predicted molar refractivity (Wildman–Crippen MR) is 153 cm³/mol. The summed E-state index contributed by atoms with van der Waals surface area (Å²) in [4.78, 5) is 20.3. The predicted octanol–water partition coefficient (Wildman–Crippen LogP) is 5.06. The van der Waals surface area contributed by atoms with E-state index in [0.717, 1.165) is 70.0 Å². The third-order valence-electron chi connectivity index (χ3n) is 8.13. The van der Waals surface area contributed by atoms with Crippen molar-refractivity contribution in [1.29, 1.82) is 0 Å². The fourth-order valence-corrected chi connectivity index (χ4v) is 6.14. The van der Waals surface area contributed by atoms with Crippen LogP contribution in [-0.2, 0) is 19.5 Å². The molecule has 0 unspecified atom stereocenters. The molecule has 1 fully saturated rings. The van der Waals surface area contributed by atoms with Crippen molar-refractivity contribution in [2.45, 2.75) is 25.9 Å². The average Bonchev–Trinajstić information content (AvgIpc) is 3.30. The van der Waals surface area contributed by atoms with Crippen LogP contribution in [0.3, 0.4) is 0 Å². The molecule has 0 spiro atoms. The minimum Gasteiger partial charge on any atom is -0.495 e. The van der Waals surface area contributed by atoms with Crippen molar-refractivity contribution in [3.05, 3.63) is 95.7 Å². The van der Waals surface area contributed by atoms with Crippen molar-refractivity contribution in [2.24, 2.45) is 0 Å². The molecule has 0 saturated carbocycles. The summed E-state index contributed by atoms with van der Waals surface area (Å²) in [5.74, 6) is 1.07. The van der Waals surface area contributed by atoms with Crippen LogP contribution in [0.25, 0.3) is 10.9 Å². The largest absolute Gasteiger partial charge is 0.495 e. The van der Waals surface area contributed by atoms with Gasteiger partial charge in [-0.15, -0.1) is 0 Å². The highest BCUT2D eigenvalue weighted by Gasteiger charge is 2.27. The van der Waals surface area contributed by atoms with Crippen LogP contribution in [0.5, 0.6) is 5.75 Å². The minimum atomic E-state index is 0.126. The number of para-hydroxylation sites is 3. The summed E-state index contributed by atoms with van der Waals surface area (Å²) in [6.45, 7) is 7.63. The molecule has 4 aromatic rings. The molecule has 0 atom stereocenters. The molecule has 2 aliphatic heterocycles. The van der Waals surface area contributed by atoms with Gasteiger partial charge in [-0.3, -0.25) is 9.69 Å². The van der Waals surface area contributed by atoms with Gasteiger partial charge in [-0.1, -0.05) is 48.5 Å². The molecule has 0 bridgehead atoms. The standard InChI is InChI=1S/C32H36N4O2/c1-38-31-15-8-7-14-29(31)34-22-20-33(21-23-34)17-9-18-36-28-13-6-5-12-26(28)27-16-19-35(24-30(27)36)32(37)25-10-3-2-4-11-25/h2-8,10-15H,9,16-24H2,1H3. The van der Waals surface area contributed by atoms with Gasteiger partial charge < -0.3 is 19.1 Å². The van der Waals surface area contributed by atoms with Gasteiger partial charge in [-0.05, 0) is 55.3 Å². The molecular formula is C32H36N4O2. The van der Waals surface area contributed by atoms with Gasteiger partial charge in [0.15, 0.2) is 0 Å². The number of aryl methyl sites for hydroxylation is 1. The molecule has 0 N–H and O–H groups in total. The fraction of sp³-hybridized carbons (Fsp3) is 0.344. The lowest BCUT2D eigenvalue weighted by molar-refractivity contribution is 0.0730. The number of amides is 1.